The molecule has 8 heteroatoms. The summed E-state index contributed by atoms with van der Waals surface area (Å²) >= 11 is 6.94. The first-order chi connectivity index (χ1) is 12.4. The van der Waals surface area contributed by atoms with Crippen LogP contribution in [0, 0.1) is 0 Å². The molecule has 0 aromatic heterocycles. The minimum atomic E-state index is -2.01. The van der Waals surface area contributed by atoms with Crippen molar-refractivity contribution in [1.29, 1.82) is 0 Å². The molecule has 2 atom stereocenters. The van der Waals surface area contributed by atoms with Crippen molar-refractivity contribution < 1.29 is 14.7 Å². The molecule has 3 N–H and O–H groups in total. The van der Waals surface area contributed by atoms with Crippen LogP contribution < -0.4 is 10.6 Å². The zero-order chi connectivity index (χ0) is 18.5. The molecule has 0 saturated heterocycles. The van der Waals surface area contributed by atoms with Crippen molar-refractivity contribution in [3.05, 3.63) is 64.7 Å². The third-order valence-corrected chi connectivity index (χ3v) is 5.82. The Morgan fingerprint density at radius 2 is 2.00 bits per heavy atom. The Kier molecular flexibility index (Phi) is 4.02. The quantitative estimate of drug-likeness (QED) is 0.840. The molecule has 2 heterocycles. The van der Waals surface area contributed by atoms with Gasteiger partial charge in [-0.3, -0.25) is 9.59 Å². The van der Waals surface area contributed by atoms with Crippen LogP contribution in [0.15, 0.2) is 53.5 Å². The van der Waals surface area contributed by atoms with E-state index in [2.05, 4.69) is 4.99 Å². The highest BCUT2D eigenvalue weighted by atomic mass is 35.5. The number of carbonyl (C=O) groups excluding carboxylic acids is 2. The summed E-state index contributed by atoms with van der Waals surface area (Å²) in [5.74, 6) is -1.18. The van der Waals surface area contributed by atoms with Crippen LogP contribution in [-0.4, -0.2) is 27.3 Å². The van der Waals surface area contributed by atoms with Crippen molar-refractivity contribution >= 4 is 46.0 Å². The van der Waals surface area contributed by atoms with Crippen LogP contribution in [0.2, 0.25) is 5.02 Å². The number of thioether (sulfide) groups is 1. The van der Waals surface area contributed by atoms with Crippen LogP contribution in [0.25, 0.3) is 0 Å². The number of nitrogens with two attached hydrogens (primary N) is 1. The molecular weight excluding hydrogens is 374 g/mol. The second-order valence-corrected chi connectivity index (χ2v) is 7.65. The molecule has 2 aromatic carbocycles. The van der Waals surface area contributed by atoms with Crippen LogP contribution in [0.1, 0.15) is 11.1 Å². The van der Waals surface area contributed by atoms with E-state index in [4.69, 9.17) is 17.3 Å². The Hall–Kier alpha value is -2.35. The van der Waals surface area contributed by atoms with Gasteiger partial charge in [-0.2, -0.15) is 4.99 Å². The summed E-state index contributed by atoms with van der Waals surface area (Å²) in [7, 11) is 0. The molecule has 0 spiro atoms. The number of hydrogen-bond donors (Lipinski definition) is 2. The molecule has 2 amide bonds. The van der Waals surface area contributed by atoms with Gasteiger partial charge in [-0.05, 0) is 23.8 Å². The maximum Gasteiger partial charge on any atom is 0.265 e. The van der Waals surface area contributed by atoms with Crippen LogP contribution >= 0.6 is 23.4 Å². The highest BCUT2D eigenvalue weighted by Gasteiger charge is 2.59. The number of para-hydroxylation sites is 1. The molecule has 4 rings (SSSR count). The molecule has 0 fully saturated rings. The molecule has 2 aliphatic heterocycles. The number of halogens is 1. The number of nitrogens with zero attached hydrogens (tertiary/aromatic N) is 2. The predicted molar refractivity (Wildman–Crippen MR) is 101 cm³/mol. The van der Waals surface area contributed by atoms with Gasteiger partial charge in [-0.1, -0.05) is 53.7 Å². The topological polar surface area (TPSA) is 96.0 Å². The SMILES string of the molecule is NC1=NC(=O)[C@@H]([C@@]2(O)C(=O)N(Cc3cccc(Cl)c3)c3ccccc32)S1. The molecule has 6 nitrogen and oxygen atoms in total. The third kappa shape index (κ3) is 2.51. The van der Waals surface area contributed by atoms with E-state index in [1.165, 1.54) is 4.90 Å². The van der Waals surface area contributed by atoms with E-state index in [0.29, 0.717) is 16.3 Å². The Labute approximate surface area is 158 Å². The lowest BCUT2D eigenvalue weighted by molar-refractivity contribution is -0.140. The minimum Gasteiger partial charge on any atom is -0.378 e. The molecule has 2 aromatic rings. The van der Waals surface area contributed by atoms with Crippen molar-refractivity contribution in [2.75, 3.05) is 4.90 Å². The number of hydrogen-bond acceptors (Lipinski definition) is 5. The summed E-state index contributed by atoms with van der Waals surface area (Å²) in [6.45, 7) is 0.223. The summed E-state index contributed by atoms with van der Waals surface area (Å²) in [4.78, 5) is 30.5. The molecular formula is C18H14ClN3O3S. The van der Waals surface area contributed by atoms with E-state index in [1.54, 1.807) is 42.5 Å². The van der Waals surface area contributed by atoms with Crippen molar-refractivity contribution in [2.24, 2.45) is 10.7 Å². The van der Waals surface area contributed by atoms with E-state index in [1.807, 2.05) is 6.07 Å². The van der Waals surface area contributed by atoms with Gasteiger partial charge >= 0.3 is 0 Å². The maximum absolute atomic E-state index is 13.2. The lowest BCUT2D eigenvalue weighted by Gasteiger charge is -2.26. The lowest BCUT2D eigenvalue weighted by atomic mass is 9.91. The first-order valence-corrected chi connectivity index (χ1v) is 9.10. The highest BCUT2D eigenvalue weighted by Crippen LogP contribution is 2.47. The number of anilines is 1. The number of amidine groups is 1. The Morgan fingerprint density at radius 1 is 1.23 bits per heavy atom. The summed E-state index contributed by atoms with van der Waals surface area (Å²) < 4.78 is 0. The fraction of sp³-hybridized carbons (Fsp3) is 0.167. The fourth-order valence-electron chi connectivity index (χ4n) is 3.32. The first-order valence-electron chi connectivity index (χ1n) is 7.84. The monoisotopic (exact) mass is 387 g/mol. The molecule has 132 valence electrons. The number of carbonyl (C=O) groups is 2. The Balaban J connectivity index is 1.77. The van der Waals surface area contributed by atoms with Gasteiger partial charge in [0.1, 0.15) is 5.25 Å². The van der Waals surface area contributed by atoms with Crippen molar-refractivity contribution in [3.63, 3.8) is 0 Å². The molecule has 0 aliphatic carbocycles. The first kappa shape index (κ1) is 17.1. The molecule has 0 saturated carbocycles. The van der Waals surface area contributed by atoms with Gasteiger partial charge in [0, 0.05) is 10.6 Å². The smallest absolute Gasteiger partial charge is 0.265 e. The molecule has 2 aliphatic rings. The van der Waals surface area contributed by atoms with Crippen LogP contribution in [0.4, 0.5) is 5.69 Å². The third-order valence-electron chi connectivity index (χ3n) is 4.47. The molecule has 0 radical (unpaired) electrons. The summed E-state index contributed by atoms with van der Waals surface area (Å²) in [6.07, 6.45) is 0. The largest absolute Gasteiger partial charge is 0.378 e. The zero-order valence-corrected chi connectivity index (χ0v) is 15.0. The van der Waals surface area contributed by atoms with Gasteiger partial charge < -0.3 is 15.7 Å². The zero-order valence-electron chi connectivity index (χ0n) is 13.4. The van der Waals surface area contributed by atoms with Gasteiger partial charge in [0.2, 0.25) is 0 Å². The average molecular weight is 388 g/mol. The average Bonchev–Trinajstić information content (AvgIpc) is 3.06. The number of rotatable bonds is 3. The van der Waals surface area contributed by atoms with E-state index < -0.39 is 22.7 Å². The number of amides is 2. The van der Waals surface area contributed by atoms with Crippen molar-refractivity contribution in [2.45, 2.75) is 17.4 Å². The van der Waals surface area contributed by atoms with E-state index in [9.17, 15) is 14.7 Å². The van der Waals surface area contributed by atoms with Gasteiger partial charge in [0.25, 0.3) is 11.8 Å². The minimum absolute atomic E-state index is 0.0481. The van der Waals surface area contributed by atoms with Gasteiger partial charge in [0.15, 0.2) is 10.8 Å². The highest BCUT2D eigenvalue weighted by molar-refractivity contribution is 8.15. The standard InChI is InChI=1S/C18H14ClN3O3S/c19-11-5-3-4-10(8-11)9-22-13-7-2-1-6-12(13)18(25,16(22)24)14-15(23)21-17(20)26-14/h1-8,14,25H,9H2,(H2,20,21,23)/t14-,18+/m0/s1. The maximum atomic E-state index is 13.2. The number of aliphatic hydroxyl groups is 1. The van der Waals surface area contributed by atoms with Gasteiger partial charge in [-0.15, -0.1) is 0 Å². The normalized spacial score (nSPS) is 24.8. The molecule has 0 bridgehead atoms. The Bertz CT molecular complexity index is 964. The van der Waals surface area contributed by atoms with E-state index >= 15 is 0 Å². The van der Waals surface area contributed by atoms with E-state index in [-0.39, 0.29) is 11.7 Å². The van der Waals surface area contributed by atoms with Crippen molar-refractivity contribution in [1.82, 2.24) is 0 Å². The van der Waals surface area contributed by atoms with Crippen molar-refractivity contribution in [3.8, 4) is 0 Å². The fourth-order valence-corrected chi connectivity index (χ4v) is 4.47. The predicted octanol–water partition coefficient (Wildman–Crippen LogP) is 2.03. The van der Waals surface area contributed by atoms with Gasteiger partial charge in [-0.25, -0.2) is 0 Å². The summed E-state index contributed by atoms with van der Waals surface area (Å²) in [6, 6.07) is 14.0. The van der Waals surface area contributed by atoms with Gasteiger partial charge in [0.05, 0.1) is 12.2 Å². The van der Waals surface area contributed by atoms with E-state index in [0.717, 1.165) is 17.3 Å². The second kappa shape index (κ2) is 6.12. The second-order valence-electron chi connectivity index (χ2n) is 6.09. The molecule has 0 unspecified atom stereocenters. The van der Waals surface area contributed by atoms with Crippen LogP contribution in [0.5, 0.6) is 0 Å². The number of aliphatic imine (C=N–C) groups is 1. The number of benzene rings is 2. The Morgan fingerprint density at radius 3 is 2.69 bits per heavy atom. The van der Waals surface area contributed by atoms with Crippen LogP contribution in [0.3, 0.4) is 0 Å². The lowest BCUT2D eigenvalue weighted by Crippen LogP contribution is -2.49. The summed E-state index contributed by atoms with van der Waals surface area (Å²) in [5.41, 5.74) is 5.35. The number of fused-ring (bicyclic) bond motifs is 1. The molecule has 26 heavy (non-hydrogen) atoms. The van der Waals surface area contributed by atoms with Crippen LogP contribution in [-0.2, 0) is 21.7 Å². The summed E-state index contributed by atoms with van der Waals surface area (Å²) in [5, 5.41) is 10.8.